The van der Waals surface area contributed by atoms with Crippen molar-refractivity contribution in [3.8, 4) is 17.2 Å². The third kappa shape index (κ3) is 3.43. The predicted octanol–water partition coefficient (Wildman–Crippen LogP) is 5.02. The number of hydrogen-bond acceptors (Lipinski definition) is 4. The van der Waals surface area contributed by atoms with Crippen LogP contribution in [-0.4, -0.2) is 16.9 Å². The Hall–Kier alpha value is -2.62. The lowest BCUT2D eigenvalue weighted by atomic mass is 9.85. The molecule has 2 aromatic carbocycles. The number of rotatable bonds is 4. The molecule has 0 atom stereocenters. The Bertz CT molecular complexity index is 877. The van der Waals surface area contributed by atoms with Crippen LogP contribution in [-0.2, 0) is 4.79 Å². The van der Waals surface area contributed by atoms with E-state index in [1.54, 1.807) is 6.92 Å². The molecule has 0 spiro atoms. The van der Waals surface area contributed by atoms with E-state index < -0.39 is 0 Å². The zero-order valence-electron chi connectivity index (χ0n) is 14.3. The third-order valence-electron chi connectivity index (χ3n) is 4.93. The molecule has 0 unspecified atom stereocenters. The normalized spacial score (nSPS) is 20.5. The minimum atomic E-state index is 0.175. The number of nitrogens with zero attached hydrogens (tertiary/aromatic N) is 1. The second-order valence-electron chi connectivity index (χ2n) is 6.72. The number of fused-ring (bicyclic) bond motifs is 1. The number of hydrogen-bond donors (Lipinski definition) is 0. The number of aromatic nitrogens is 1. The number of ketones is 1. The molecule has 128 valence electrons. The lowest BCUT2D eigenvalue weighted by Crippen LogP contribution is -2.26. The highest BCUT2D eigenvalue weighted by molar-refractivity contribution is 5.78. The van der Waals surface area contributed by atoms with Gasteiger partial charge >= 0.3 is 0 Å². The first-order chi connectivity index (χ1) is 12.2. The molecule has 0 amide bonds. The Labute approximate surface area is 146 Å². The fourth-order valence-electron chi connectivity index (χ4n) is 3.46. The summed E-state index contributed by atoms with van der Waals surface area (Å²) in [5.74, 6) is 1.95. The van der Waals surface area contributed by atoms with Crippen LogP contribution in [0.5, 0.6) is 5.75 Å². The minimum absolute atomic E-state index is 0.175. The van der Waals surface area contributed by atoms with Crippen LogP contribution in [0.4, 0.5) is 0 Å². The number of benzene rings is 2. The molecule has 0 radical (unpaired) electrons. The Balaban J connectivity index is 1.49. The number of carbonyl (C=O) groups excluding carboxylic acids is 1. The van der Waals surface area contributed by atoms with Gasteiger partial charge in [-0.25, -0.2) is 4.98 Å². The molecule has 25 heavy (non-hydrogen) atoms. The van der Waals surface area contributed by atoms with Crippen LogP contribution < -0.4 is 4.74 Å². The van der Waals surface area contributed by atoms with E-state index in [1.165, 1.54) is 0 Å². The van der Waals surface area contributed by atoms with Crippen LogP contribution in [0.15, 0.2) is 52.9 Å². The Morgan fingerprint density at radius 2 is 1.84 bits per heavy atom. The molecule has 1 saturated carbocycles. The monoisotopic (exact) mass is 335 g/mol. The van der Waals surface area contributed by atoms with Gasteiger partial charge < -0.3 is 9.15 Å². The lowest BCUT2D eigenvalue weighted by molar-refractivity contribution is -0.122. The molecule has 1 aliphatic carbocycles. The van der Waals surface area contributed by atoms with E-state index in [0.717, 1.165) is 48.1 Å². The summed E-state index contributed by atoms with van der Waals surface area (Å²) in [5.41, 5.74) is 2.52. The molecule has 0 saturated heterocycles. The molecular formula is C21H21NO3. The van der Waals surface area contributed by atoms with Gasteiger partial charge in [0.25, 0.3) is 0 Å². The van der Waals surface area contributed by atoms with Crippen molar-refractivity contribution in [2.45, 2.75) is 38.7 Å². The van der Waals surface area contributed by atoms with Crippen molar-refractivity contribution in [3.63, 3.8) is 0 Å². The quantitative estimate of drug-likeness (QED) is 0.671. The number of ether oxygens (including phenoxy) is 1. The third-order valence-corrected chi connectivity index (χ3v) is 4.93. The minimum Gasteiger partial charge on any atom is -0.490 e. The van der Waals surface area contributed by atoms with E-state index in [9.17, 15) is 4.79 Å². The second kappa shape index (κ2) is 6.71. The van der Waals surface area contributed by atoms with Crippen molar-refractivity contribution in [1.82, 2.24) is 4.98 Å². The Kier molecular flexibility index (Phi) is 4.26. The maximum Gasteiger partial charge on any atom is 0.227 e. The molecule has 4 nitrogen and oxygen atoms in total. The fraction of sp³-hybridized carbons (Fsp3) is 0.333. The van der Waals surface area contributed by atoms with Crippen LogP contribution in [0.1, 0.15) is 32.6 Å². The predicted molar refractivity (Wildman–Crippen MR) is 96.5 cm³/mol. The van der Waals surface area contributed by atoms with E-state index in [1.807, 2.05) is 48.5 Å². The van der Waals surface area contributed by atoms with E-state index in [4.69, 9.17) is 9.15 Å². The number of oxazole rings is 1. The van der Waals surface area contributed by atoms with Gasteiger partial charge in [0.2, 0.25) is 5.89 Å². The van der Waals surface area contributed by atoms with Crippen LogP contribution in [0.3, 0.4) is 0 Å². The molecule has 0 N–H and O–H groups in total. The van der Waals surface area contributed by atoms with Crippen LogP contribution in [0, 0.1) is 5.92 Å². The molecule has 4 heteroatoms. The molecule has 4 rings (SSSR count). The van der Waals surface area contributed by atoms with Crippen molar-refractivity contribution >= 4 is 16.9 Å². The first-order valence-electron chi connectivity index (χ1n) is 8.82. The van der Waals surface area contributed by atoms with Gasteiger partial charge in [0, 0.05) is 17.5 Å². The average Bonchev–Trinajstić information content (AvgIpc) is 3.06. The van der Waals surface area contributed by atoms with E-state index in [2.05, 4.69) is 4.98 Å². The summed E-state index contributed by atoms with van der Waals surface area (Å²) in [6.07, 6.45) is 3.87. The Morgan fingerprint density at radius 3 is 2.56 bits per heavy atom. The summed E-state index contributed by atoms with van der Waals surface area (Å²) in [7, 11) is 0. The summed E-state index contributed by atoms with van der Waals surface area (Å²) in [6, 6.07) is 15.6. The zero-order chi connectivity index (χ0) is 17.2. The van der Waals surface area contributed by atoms with Gasteiger partial charge in [0.1, 0.15) is 17.0 Å². The average molecular weight is 335 g/mol. The summed E-state index contributed by atoms with van der Waals surface area (Å²) < 4.78 is 11.9. The highest BCUT2D eigenvalue weighted by atomic mass is 16.5. The molecule has 1 heterocycles. The fourth-order valence-corrected chi connectivity index (χ4v) is 3.46. The standard InChI is InChI=1S/C21H21NO3/c1-14(23)15-7-9-17(10-8-15)24-18-11-12-20-19(13-18)22-21(25-20)16-5-3-2-4-6-16/h2-6,11-13,15,17H,7-10H2,1H3. The van der Waals surface area contributed by atoms with Gasteiger partial charge in [-0.05, 0) is 56.9 Å². The highest BCUT2D eigenvalue weighted by Gasteiger charge is 2.25. The van der Waals surface area contributed by atoms with Gasteiger partial charge in [-0.3, -0.25) is 4.79 Å². The molecule has 1 aliphatic rings. The maximum atomic E-state index is 11.5. The summed E-state index contributed by atoms with van der Waals surface area (Å²) in [6.45, 7) is 1.69. The van der Waals surface area contributed by atoms with Crippen molar-refractivity contribution < 1.29 is 13.9 Å². The molecule has 1 aromatic heterocycles. The summed E-state index contributed by atoms with van der Waals surface area (Å²) in [4.78, 5) is 16.1. The van der Waals surface area contributed by atoms with Gasteiger partial charge in [0.05, 0.1) is 6.10 Å². The molecular weight excluding hydrogens is 314 g/mol. The van der Waals surface area contributed by atoms with E-state index in [0.29, 0.717) is 11.7 Å². The smallest absolute Gasteiger partial charge is 0.227 e. The highest BCUT2D eigenvalue weighted by Crippen LogP contribution is 2.31. The topological polar surface area (TPSA) is 52.3 Å². The van der Waals surface area contributed by atoms with Gasteiger partial charge in [-0.2, -0.15) is 0 Å². The van der Waals surface area contributed by atoms with Crippen LogP contribution in [0.25, 0.3) is 22.6 Å². The number of Topliss-reactive ketones (excluding diaryl/α,β-unsaturated/α-hetero) is 1. The first-order valence-corrected chi connectivity index (χ1v) is 8.82. The number of carbonyl (C=O) groups is 1. The van der Waals surface area contributed by atoms with Gasteiger partial charge in [-0.1, -0.05) is 18.2 Å². The summed E-state index contributed by atoms with van der Waals surface area (Å²) >= 11 is 0. The van der Waals surface area contributed by atoms with Gasteiger partial charge in [0.15, 0.2) is 5.58 Å². The Morgan fingerprint density at radius 1 is 1.08 bits per heavy atom. The molecule has 3 aromatic rings. The van der Waals surface area contributed by atoms with Crippen molar-refractivity contribution in [2.24, 2.45) is 5.92 Å². The van der Waals surface area contributed by atoms with Crippen molar-refractivity contribution in [3.05, 3.63) is 48.5 Å². The second-order valence-corrected chi connectivity index (χ2v) is 6.72. The van der Waals surface area contributed by atoms with Crippen LogP contribution >= 0.6 is 0 Å². The van der Waals surface area contributed by atoms with Crippen molar-refractivity contribution in [1.29, 1.82) is 0 Å². The lowest BCUT2D eigenvalue weighted by Gasteiger charge is -2.27. The zero-order valence-corrected chi connectivity index (χ0v) is 14.3. The SMILES string of the molecule is CC(=O)C1CCC(Oc2ccc3oc(-c4ccccc4)nc3c2)CC1. The van der Waals surface area contributed by atoms with E-state index >= 15 is 0 Å². The maximum absolute atomic E-state index is 11.5. The summed E-state index contributed by atoms with van der Waals surface area (Å²) in [5, 5.41) is 0. The largest absolute Gasteiger partial charge is 0.490 e. The first kappa shape index (κ1) is 15.9. The van der Waals surface area contributed by atoms with Crippen molar-refractivity contribution in [2.75, 3.05) is 0 Å². The van der Waals surface area contributed by atoms with Crippen LogP contribution in [0.2, 0.25) is 0 Å². The molecule has 0 aliphatic heterocycles. The van der Waals surface area contributed by atoms with Gasteiger partial charge in [-0.15, -0.1) is 0 Å². The van der Waals surface area contributed by atoms with E-state index in [-0.39, 0.29) is 12.0 Å². The molecule has 0 bridgehead atoms. The molecule has 1 fully saturated rings.